The molecule has 0 aromatic carbocycles. The van der Waals surface area contributed by atoms with Gasteiger partial charge in [0.15, 0.2) is 0 Å². The number of likely N-dealkylation sites (tertiary alicyclic amines) is 1. The van der Waals surface area contributed by atoms with Gasteiger partial charge in [-0.05, 0) is 32.7 Å². The van der Waals surface area contributed by atoms with Crippen molar-refractivity contribution in [2.75, 3.05) is 20.1 Å². The number of aryl methyl sites for hydroxylation is 1. The number of carbonyl (C=O) groups excluding carboxylic acids is 1. The van der Waals surface area contributed by atoms with Gasteiger partial charge >= 0.3 is 0 Å². The van der Waals surface area contributed by atoms with Gasteiger partial charge in [-0.1, -0.05) is 13.8 Å². The summed E-state index contributed by atoms with van der Waals surface area (Å²) < 4.78 is 1.86. The predicted octanol–water partition coefficient (Wildman–Crippen LogP) is 1.85. The van der Waals surface area contributed by atoms with Crippen LogP contribution in [0, 0.1) is 0 Å². The van der Waals surface area contributed by atoms with Gasteiger partial charge in [-0.25, -0.2) is 0 Å². The molecular weight excluding hydrogens is 252 g/mol. The second-order valence-corrected chi connectivity index (χ2v) is 5.82. The smallest absolute Gasteiger partial charge is 0.257 e. The van der Waals surface area contributed by atoms with E-state index in [0.29, 0.717) is 6.04 Å². The van der Waals surface area contributed by atoms with Gasteiger partial charge < -0.3 is 10.2 Å². The van der Waals surface area contributed by atoms with Crippen molar-refractivity contribution < 1.29 is 4.79 Å². The van der Waals surface area contributed by atoms with Gasteiger partial charge in [0.25, 0.3) is 5.91 Å². The lowest BCUT2D eigenvalue weighted by atomic mass is 10.0. The molecule has 1 aromatic heterocycles. The quantitative estimate of drug-likeness (QED) is 0.914. The maximum Gasteiger partial charge on any atom is 0.257 e. The van der Waals surface area contributed by atoms with E-state index in [0.717, 1.165) is 43.7 Å². The number of piperidine rings is 1. The Balaban J connectivity index is 2.21. The molecule has 1 aliphatic heterocycles. The molecule has 5 heteroatoms. The van der Waals surface area contributed by atoms with E-state index in [1.54, 1.807) is 0 Å². The van der Waals surface area contributed by atoms with Crippen LogP contribution in [0.15, 0.2) is 6.20 Å². The largest absolute Gasteiger partial charge is 0.337 e. The number of amides is 1. The average Bonchev–Trinajstić information content (AvgIpc) is 2.91. The number of nitrogens with one attached hydrogen (secondary N) is 1. The second-order valence-electron chi connectivity index (χ2n) is 5.82. The first-order valence-corrected chi connectivity index (χ1v) is 7.60. The molecule has 0 aliphatic carbocycles. The summed E-state index contributed by atoms with van der Waals surface area (Å²) in [7, 11) is 1.97. The molecule has 1 aliphatic rings. The SMILES string of the molecule is CCn1cc(C(=O)N2CCC[C@H](NC)C2)c(C(C)C)n1. The van der Waals surface area contributed by atoms with Crippen LogP contribution in [0.1, 0.15) is 55.6 Å². The fraction of sp³-hybridized carbons (Fsp3) is 0.733. The number of hydrogen-bond acceptors (Lipinski definition) is 3. The maximum atomic E-state index is 12.8. The number of hydrogen-bond donors (Lipinski definition) is 1. The lowest BCUT2D eigenvalue weighted by Crippen LogP contribution is -2.47. The Morgan fingerprint density at radius 3 is 2.90 bits per heavy atom. The van der Waals surface area contributed by atoms with E-state index in [1.165, 1.54) is 0 Å². The highest BCUT2D eigenvalue weighted by molar-refractivity contribution is 5.95. The third-order valence-corrected chi connectivity index (χ3v) is 4.01. The molecule has 112 valence electrons. The summed E-state index contributed by atoms with van der Waals surface area (Å²) in [5.74, 6) is 0.403. The molecule has 0 saturated carbocycles. The van der Waals surface area contributed by atoms with Gasteiger partial charge in [0, 0.05) is 31.9 Å². The summed E-state index contributed by atoms with van der Waals surface area (Å²) in [6.07, 6.45) is 4.11. The van der Waals surface area contributed by atoms with E-state index in [-0.39, 0.29) is 11.8 Å². The van der Waals surface area contributed by atoms with Crippen molar-refractivity contribution in [2.24, 2.45) is 0 Å². The fourth-order valence-corrected chi connectivity index (χ4v) is 2.76. The number of nitrogens with zero attached hydrogens (tertiary/aromatic N) is 3. The summed E-state index contributed by atoms with van der Waals surface area (Å²) in [5, 5.41) is 7.82. The van der Waals surface area contributed by atoms with E-state index in [2.05, 4.69) is 24.3 Å². The van der Waals surface area contributed by atoms with E-state index < -0.39 is 0 Å². The summed E-state index contributed by atoms with van der Waals surface area (Å²) in [5.41, 5.74) is 1.70. The van der Waals surface area contributed by atoms with Crippen molar-refractivity contribution in [1.82, 2.24) is 20.0 Å². The monoisotopic (exact) mass is 278 g/mol. The first-order chi connectivity index (χ1) is 9.56. The van der Waals surface area contributed by atoms with E-state index >= 15 is 0 Å². The van der Waals surface area contributed by atoms with Crippen molar-refractivity contribution in [3.63, 3.8) is 0 Å². The van der Waals surface area contributed by atoms with Crippen molar-refractivity contribution in [3.05, 3.63) is 17.5 Å². The molecule has 0 unspecified atom stereocenters. The van der Waals surface area contributed by atoms with Crippen LogP contribution in [0.5, 0.6) is 0 Å². The Bertz CT molecular complexity index is 466. The Hall–Kier alpha value is -1.36. The van der Waals surface area contributed by atoms with Crippen LogP contribution in [0.4, 0.5) is 0 Å². The lowest BCUT2D eigenvalue weighted by Gasteiger charge is -2.32. The first kappa shape index (κ1) is 15.0. The zero-order chi connectivity index (χ0) is 14.7. The molecule has 1 aromatic rings. The van der Waals surface area contributed by atoms with Gasteiger partial charge in [0.2, 0.25) is 0 Å². The maximum absolute atomic E-state index is 12.8. The van der Waals surface area contributed by atoms with E-state index in [1.807, 2.05) is 29.7 Å². The Morgan fingerprint density at radius 1 is 1.55 bits per heavy atom. The molecule has 1 amide bonds. The standard InChI is InChI=1S/C15H26N4O/c1-5-19-10-13(14(17-19)11(2)3)15(20)18-8-6-7-12(9-18)16-4/h10-12,16H,5-9H2,1-4H3/t12-/m0/s1. The number of aromatic nitrogens is 2. The van der Waals surface area contributed by atoms with Crippen molar-refractivity contribution >= 4 is 5.91 Å². The Kier molecular flexibility index (Phi) is 4.81. The zero-order valence-corrected chi connectivity index (χ0v) is 13.0. The summed E-state index contributed by atoms with van der Waals surface area (Å²) in [6, 6.07) is 0.413. The van der Waals surface area contributed by atoms with Crippen LogP contribution in [-0.4, -0.2) is 46.8 Å². The number of carbonyl (C=O) groups is 1. The molecule has 2 rings (SSSR count). The Morgan fingerprint density at radius 2 is 2.30 bits per heavy atom. The molecule has 1 fully saturated rings. The first-order valence-electron chi connectivity index (χ1n) is 7.60. The molecule has 0 bridgehead atoms. The van der Waals surface area contributed by atoms with Crippen LogP contribution in [0.25, 0.3) is 0 Å². The normalized spacial score (nSPS) is 19.6. The van der Waals surface area contributed by atoms with Crippen molar-refractivity contribution in [3.8, 4) is 0 Å². The topological polar surface area (TPSA) is 50.2 Å². The van der Waals surface area contributed by atoms with Crippen LogP contribution < -0.4 is 5.32 Å². The van der Waals surface area contributed by atoms with Crippen LogP contribution >= 0.6 is 0 Å². The highest BCUT2D eigenvalue weighted by atomic mass is 16.2. The summed E-state index contributed by atoms with van der Waals surface area (Å²) in [4.78, 5) is 14.7. The molecule has 0 radical (unpaired) electrons. The molecule has 0 spiro atoms. The van der Waals surface area contributed by atoms with Gasteiger partial charge in [-0.2, -0.15) is 5.10 Å². The van der Waals surface area contributed by atoms with Crippen molar-refractivity contribution in [1.29, 1.82) is 0 Å². The Labute approximate surface area is 121 Å². The minimum absolute atomic E-state index is 0.133. The van der Waals surface area contributed by atoms with Crippen LogP contribution in [0.2, 0.25) is 0 Å². The van der Waals surface area contributed by atoms with Gasteiger partial charge in [-0.3, -0.25) is 9.48 Å². The van der Waals surface area contributed by atoms with Crippen molar-refractivity contribution in [2.45, 2.75) is 52.1 Å². The molecule has 1 saturated heterocycles. The lowest BCUT2D eigenvalue weighted by molar-refractivity contribution is 0.0696. The second kappa shape index (κ2) is 6.39. The third kappa shape index (κ3) is 3.03. The predicted molar refractivity (Wildman–Crippen MR) is 80.0 cm³/mol. The number of rotatable bonds is 4. The molecule has 5 nitrogen and oxygen atoms in total. The molecule has 1 atom stereocenters. The molecule has 1 N–H and O–H groups in total. The molecule has 20 heavy (non-hydrogen) atoms. The van der Waals surface area contributed by atoms with E-state index in [4.69, 9.17) is 0 Å². The van der Waals surface area contributed by atoms with Gasteiger partial charge in [0.1, 0.15) is 0 Å². The molecule has 2 heterocycles. The minimum Gasteiger partial charge on any atom is -0.337 e. The zero-order valence-electron chi connectivity index (χ0n) is 13.0. The molecular formula is C15H26N4O. The summed E-state index contributed by atoms with van der Waals surface area (Å²) in [6.45, 7) is 8.67. The highest BCUT2D eigenvalue weighted by Crippen LogP contribution is 2.21. The third-order valence-electron chi connectivity index (χ3n) is 4.01. The van der Waals surface area contributed by atoms with Crippen LogP contribution in [-0.2, 0) is 6.54 Å². The van der Waals surface area contributed by atoms with Crippen LogP contribution in [0.3, 0.4) is 0 Å². The fourth-order valence-electron chi connectivity index (χ4n) is 2.76. The van der Waals surface area contributed by atoms with Gasteiger partial charge in [-0.15, -0.1) is 0 Å². The average molecular weight is 278 g/mol. The van der Waals surface area contributed by atoms with Gasteiger partial charge in [0.05, 0.1) is 11.3 Å². The van der Waals surface area contributed by atoms with E-state index in [9.17, 15) is 4.79 Å². The minimum atomic E-state index is 0.133. The number of likely N-dealkylation sites (N-methyl/N-ethyl adjacent to an activating group) is 1. The summed E-state index contributed by atoms with van der Waals surface area (Å²) >= 11 is 0. The highest BCUT2D eigenvalue weighted by Gasteiger charge is 2.27.